The zero-order chi connectivity index (χ0) is 35.6. The summed E-state index contributed by atoms with van der Waals surface area (Å²) in [5, 5.41) is 12.9. The number of benzene rings is 2. The topological polar surface area (TPSA) is 136 Å². The number of hydrogen-bond donors (Lipinski definition) is 2. The fourth-order valence-electron chi connectivity index (χ4n) is 5.42. The van der Waals surface area contributed by atoms with Crippen LogP contribution in [0.5, 0.6) is 5.75 Å². The number of nitrogens with one attached hydrogen (secondary N) is 1. The summed E-state index contributed by atoms with van der Waals surface area (Å²) in [6.07, 6.45) is 1.75. The van der Waals surface area contributed by atoms with Crippen LogP contribution in [0, 0.1) is 0 Å². The van der Waals surface area contributed by atoms with Crippen molar-refractivity contribution in [1.29, 1.82) is 0 Å². The Morgan fingerprint density at radius 1 is 0.980 bits per heavy atom. The summed E-state index contributed by atoms with van der Waals surface area (Å²) in [6, 6.07) is 13.7. The fraction of sp³-hybridized carbons (Fsp3) is 0.514. The van der Waals surface area contributed by atoms with Crippen molar-refractivity contribution in [3.63, 3.8) is 0 Å². The molecule has 0 atom stereocenters. The van der Waals surface area contributed by atoms with Crippen molar-refractivity contribution in [2.45, 2.75) is 78.7 Å². The van der Waals surface area contributed by atoms with Gasteiger partial charge in [0.05, 0.1) is 39.2 Å². The number of aromatic nitrogens is 2. The molecule has 49 heavy (non-hydrogen) atoms. The summed E-state index contributed by atoms with van der Waals surface area (Å²) in [5.74, 6) is 1.26. The number of aliphatic hydroxyl groups is 1. The normalized spacial score (nSPS) is 13.5. The standard InChI is InChI=1S/C37H51N5O7/c1-36(2,3)48-34(44)39-14-8-16-42(35(45)49-37(4,5)6)24-28-23-27(10-12-32(28)46-7)30-13-15-38-33(40-30)22-26-9-11-31(29(21-26)25-43)41-17-19-47-20-18-41/h9-13,15,21,23,43H,8,14,16-20,22,24-25H2,1-7H3,(H,39,44). The van der Waals surface area contributed by atoms with Crippen LogP contribution in [0.15, 0.2) is 48.7 Å². The second-order valence-corrected chi connectivity index (χ2v) is 14.0. The number of morpholine rings is 1. The Morgan fingerprint density at radius 2 is 1.71 bits per heavy atom. The van der Waals surface area contributed by atoms with Gasteiger partial charge < -0.3 is 39.2 Å². The van der Waals surface area contributed by atoms with Gasteiger partial charge in [-0.1, -0.05) is 12.1 Å². The van der Waals surface area contributed by atoms with E-state index in [9.17, 15) is 14.7 Å². The van der Waals surface area contributed by atoms with Crippen LogP contribution >= 0.6 is 0 Å². The Hall–Kier alpha value is -4.42. The molecule has 0 bridgehead atoms. The molecule has 1 fully saturated rings. The first-order valence-electron chi connectivity index (χ1n) is 16.7. The SMILES string of the molecule is COc1ccc(-c2ccnc(Cc3ccc(N4CCOCC4)c(CO)c3)n2)cc1CN(CCCNC(=O)OC(C)(C)C)C(=O)OC(C)(C)C. The van der Waals surface area contributed by atoms with Gasteiger partial charge in [0, 0.05) is 61.2 Å². The molecular formula is C37H51N5O7. The number of rotatable bonds is 12. The molecule has 1 aromatic heterocycles. The van der Waals surface area contributed by atoms with Crippen LogP contribution in [0.1, 0.15) is 70.5 Å². The highest BCUT2D eigenvalue weighted by atomic mass is 16.6. The third-order valence-corrected chi connectivity index (χ3v) is 7.60. The van der Waals surface area contributed by atoms with Gasteiger partial charge in [0.2, 0.25) is 0 Å². The van der Waals surface area contributed by atoms with Crippen molar-refractivity contribution in [1.82, 2.24) is 20.2 Å². The molecule has 0 saturated carbocycles. The minimum absolute atomic E-state index is 0.0589. The second-order valence-electron chi connectivity index (χ2n) is 14.0. The van der Waals surface area contributed by atoms with E-state index in [0.717, 1.165) is 46.7 Å². The highest BCUT2D eigenvalue weighted by Gasteiger charge is 2.24. The van der Waals surface area contributed by atoms with E-state index in [2.05, 4.69) is 27.3 Å². The van der Waals surface area contributed by atoms with Crippen molar-refractivity contribution >= 4 is 17.9 Å². The number of methoxy groups -OCH3 is 1. The van der Waals surface area contributed by atoms with Crippen LogP contribution < -0.4 is 15.0 Å². The molecule has 12 heteroatoms. The van der Waals surface area contributed by atoms with E-state index in [1.165, 1.54) is 0 Å². The van der Waals surface area contributed by atoms with Crippen LogP contribution in [0.3, 0.4) is 0 Å². The summed E-state index contributed by atoms with van der Waals surface area (Å²) in [7, 11) is 1.59. The minimum Gasteiger partial charge on any atom is -0.496 e. The molecule has 2 aromatic carbocycles. The van der Waals surface area contributed by atoms with Crippen molar-refractivity contribution in [3.05, 3.63) is 71.2 Å². The van der Waals surface area contributed by atoms with Gasteiger partial charge in [0.25, 0.3) is 0 Å². The Bertz CT molecular complexity index is 1560. The molecule has 4 rings (SSSR count). The first kappa shape index (κ1) is 37.4. The van der Waals surface area contributed by atoms with Gasteiger partial charge in [-0.25, -0.2) is 19.6 Å². The zero-order valence-electron chi connectivity index (χ0n) is 29.9. The zero-order valence-corrected chi connectivity index (χ0v) is 29.9. The maximum atomic E-state index is 13.3. The van der Waals surface area contributed by atoms with Gasteiger partial charge in [-0.3, -0.25) is 0 Å². The van der Waals surface area contributed by atoms with Crippen molar-refractivity contribution < 1.29 is 33.6 Å². The number of carbonyl (C=O) groups is 2. The number of alkyl carbamates (subject to hydrolysis) is 1. The van der Waals surface area contributed by atoms with Gasteiger partial charge in [0.15, 0.2) is 0 Å². The number of nitrogens with zero attached hydrogens (tertiary/aromatic N) is 4. The Kier molecular flexibility index (Phi) is 12.8. The summed E-state index contributed by atoms with van der Waals surface area (Å²) < 4.78 is 22.2. The quantitative estimate of drug-likeness (QED) is 0.229. The molecule has 2 heterocycles. The van der Waals surface area contributed by atoms with E-state index in [0.29, 0.717) is 50.7 Å². The third-order valence-electron chi connectivity index (χ3n) is 7.60. The molecule has 12 nitrogen and oxygen atoms in total. The Labute approximate surface area is 289 Å². The van der Waals surface area contributed by atoms with E-state index in [1.807, 2.05) is 51.1 Å². The summed E-state index contributed by atoms with van der Waals surface area (Å²) in [5.41, 5.74) is 3.95. The first-order valence-corrected chi connectivity index (χ1v) is 16.7. The maximum Gasteiger partial charge on any atom is 0.410 e. The molecular weight excluding hydrogens is 626 g/mol. The number of aliphatic hydroxyl groups excluding tert-OH is 1. The molecule has 0 unspecified atom stereocenters. The molecule has 1 aliphatic rings. The lowest BCUT2D eigenvalue weighted by molar-refractivity contribution is 0.0230. The highest BCUT2D eigenvalue weighted by Crippen LogP contribution is 2.29. The van der Waals surface area contributed by atoms with E-state index in [4.69, 9.17) is 23.9 Å². The van der Waals surface area contributed by atoms with Crippen LogP contribution in [0.4, 0.5) is 15.3 Å². The average Bonchev–Trinajstić information content (AvgIpc) is 3.05. The summed E-state index contributed by atoms with van der Waals surface area (Å²) >= 11 is 0. The van der Waals surface area contributed by atoms with E-state index in [-0.39, 0.29) is 13.2 Å². The smallest absolute Gasteiger partial charge is 0.410 e. The molecule has 0 aliphatic carbocycles. The fourth-order valence-corrected chi connectivity index (χ4v) is 5.42. The van der Waals surface area contributed by atoms with Crippen LogP contribution in [0.2, 0.25) is 0 Å². The lowest BCUT2D eigenvalue weighted by Gasteiger charge is -2.30. The molecule has 3 aromatic rings. The maximum absolute atomic E-state index is 13.3. The minimum atomic E-state index is -0.686. The van der Waals surface area contributed by atoms with Gasteiger partial charge in [-0.05, 0) is 83.9 Å². The van der Waals surface area contributed by atoms with Gasteiger partial charge in [-0.2, -0.15) is 0 Å². The largest absolute Gasteiger partial charge is 0.496 e. The van der Waals surface area contributed by atoms with Crippen molar-refractivity contribution in [2.75, 3.05) is 51.4 Å². The number of hydrogen-bond acceptors (Lipinski definition) is 10. The number of carbonyl (C=O) groups excluding carboxylic acids is 2. The van der Waals surface area contributed by atoms with Gasteiger partial charge >= 0.3 is 12.2 Å². The molecule has 266 valence electrons. The second kappa shape index (κ2) is 16.8. The number of amides is 2. The lowest BCUT2D eigenvalue weighted by Crippen LogP contribution is -2.39. The molecule has 0 radical (unpaired) electrons. The molecule has 1 saturated heterocycles. The van der Waals surface area contributed by atoms with Crippen molar-refractivity contribution in [3.8, 4) is 17.0 Å². The average molecular weight is 678 g/mol. The monoisotopic (exact) mass is 677 g/mol. The highest BCUT2D eigenvalue weighted by molar-refractivity contribution is 5.69. The predicted molar refractivity (Wildman–Crippen MR) is 188 cm³/mol. The van der Waals surface area contributed by atoms with E-state index in [1.54, 1.807) is 39.0 Å². The Balaban J connectivity index is 1.51. The summed E-state index contributed by atoms with van der Waals surface area (Å²) in [6.45, 7) is 14.6. The lowest BCUT2D eigenvalue weighted by atomic mass is 10.0. The number of ether oxygens (including phenoxy) is 4. The number of anilines is 1. The van der Waals surface area contributed by atoms with E-state index < -0.39 is 23.4 Å². The van der Waals surface area contributed by atoms with Crippen molar-refractivity contribution in [2.24, 2.45) is 0 Å². The van der Waals surface area contributed by atoms with Gasteiger partial charge in [0.1, 0.15) is 22.8 Å². The molecule has 2 amide bonds. The molecule has 2 N–H and O–H groups in total. The summed E-state index contributed by atoms with van der Waals surface area (Å²) in [4.78, 5) is 38.7. The Morgan fingerprint density at radius 3 is 2.39 bits per heavy atom. The van der Waals surface area contributed by atoms with Gasteiger partial charge in [-0.15, -0.1) is 0 Å². The van der Waals surface area contributed by atoms with E-state index >= 15 is 0 Å². The van der Waals surface area contributed by atoms with Crippen LogP contribution in [-0.2, 0) is 33.8 Å². The van der Waals surface area contributed by atoms with Crippen LogP contribution in [0.25, 0.3) is 11.3 Å². The molecule has 1 aliphatic heterocycles. The third kappa shape index (κ3) is 11.6. The first-order chi connectivity index (χ1) is 23.2. The molecule has 0 spiro atoms. The van der Waals surface area contributed by atoms with Crippen LogP contribution in [-0.4, -0.2) is 89.9 Å². The predicted octanol–water partition coefficient (Wildman–Crippen LogP) is 5.72.